The molecule has 12 rings (SSSR count). The van der Waals surface area contributed by atoms with Crippen LogP contribution in [0.4, 0.5) is 0 Å². The first-order chi connectivity index (χ1) is 28.7. The molecule has 0 amide bonds. The van der Waals surface area contributed by atoms with Gasteiger partial charge in [-0.15, -0.1) is 0 Å². The lowest BCUT2D eigenvalue weighted by Gasteiger charge is -2.13. The fraction of sp³-hybridized carbons (Fsp3) is 0. The highest BCUT2D eigenvalue weighted by molar-refractivity contribution is 6.15. The number of nitrogens with zero attached hydrogens (tertiary/aromatic N) is 4. The number of furan rings is 1. The Morgan fingerprint density at radius 1 is 0.345 bits per heavy atom. The van der Waals surface area contributed by atoms with Gasteiger partial charge >= 0.3 is 0 Å². The molecule has 0 bridgehead atoms. The van der Waals surface area contributed by atoms with Crippen molar-refractivity contribution in [2.75, 3.05) is 0 Å². The van der Waals surface area contributed by atoms with Crippen LogP contribution < -0.4 is 0 Å². The Labute approximate surface area is 333 Å². The van der Waals surface area contributed by atoms with E-state index in [1.54, 1.807) is 0 Å². The van der Waals surface area contributed by atoms with Crippen molar-refractivity contribution in [1.82, 2.24) is 19.5 Å². The molecule has 0 aliphatic heterocycles. The third-order valence-corrected chi connectivity index (χ3v) is 11.4. The van der Waals surface area contributed by atoms with Crippen LogP contribution in [0, 0.1) is 0 Å². The standard InChI is InChI=1S/C53H32N4O/c1-2-13-35(14-3-1)51-54-52(36-25-22-34(23-26-36)40-27-24-33-12-4-5-15-37(33)28-40)56-53(55-51)45-31-41(32-49-50(45)43-19-9-11-21-48(43)58-49)57-46-20-10-8-18-42(46)44-29-38-16-6-7-17-39(38)30-47(44)57/h1-32H. The largest absolute Gasteiger partial charge is 0.456 e. The van der Waals surface area contributed by atoms with E-state index in [1.807, 2.05) is 42.5 Å². The van der Waals surface area contributed by atoms with Gasteiger partial charge in [-0.2, -0.15) is 0 Å². The van der Waals surface area contributed by atoms with Gasteiger partial charge in [0.1, 0.15) is 11.2 Å². The van der Waals surface area contributed by atoms with Crippen LogP contribution in [-0.4, -0.2) is 19.5 Å². The molecule has 0 unspecified atom stereocenters. The zero-order valence-corrected chi connectivity index (χ0v) is 31.2. The molecule has 0 N–H and O–H groups in total. The van der Waals surface area contributed by atoms with E-state index in [0.29, 0.717) is 17.5 Å². The lowest BCUT2D eigenvalue weighted by Crippen LogP contribution is -2.01. The number of para-hydroxylation sites is 2. The smallest absolute Gasteiger partial charge is 0.164 e. The Balaban J connectivity index is 1.10. The highest BCUT2D eigenvalue weighted by Crippen LogP contribution is 2.41. The first-order valence-corrected chi connectivity index (χ1v) is 19.5. The summed E-state index contributed by atoms with van der Waals surface area (Å²) in [6, 6.07) is 68.1. The average Bonchev–Trinajstić information content (AvgIpc) is 3.83. The van der Waals surface area contributed by atoms with E-state index < -0.39 is 0 Å². The lowest BCUT2D eigenvalue weighted by molar-refractivity contribution is 0.668. The fourth-order valence-electron chi connectivity index (χ4n) is 8.60. The van der Waals surface area contributed by atoms with Crippen LogP contribution in [-0.2, 0) is 0 Å². The van der Waals surface area contributed by atoms with E-state index in [-0.39, 0.29) is 0 Å². The van der Waals surface area contributed by atoms with Crippen molar-refractivity contribution in [3.63, 3.8) is 0 Å². The van der Waals surface area contributed by atoms with Crippen molar-refractivity contribution in [1.29, 1.82) is 0 Å². The van der Waals surface area contributed by atoms with Crippen LogP contribution in [0.25, 0.3) is 116 Å². The molecule has 0 atom stereocenters. The first kappa shape index (κ1) is 32.4. The second-order valence-corrected chi connectivity index (χ2v) is 14.8. The van der Waals surface area contributed by atoms with Crippen LogP contribution in [0.2, 0.25) is 0 Å². The van der Waals surface area contributed by atoms with E-state index in [1.165, 1.54) is 32.3 Å². The summed E-state index contributed by atoms with van der Waals surface area (Å²) in [7, 11) is 0. The van der Waals surface area contributed by atoms with E-state index in [0.717, 1.165) is 66.5 Å². The maximum Gasteiger partial charge on any atom is 0.164 e. The predicted molar refractivity (Wildman–Crippen MR) is 238 cm³/mol. The van der Waals surface area contributed by atoms with E-state index in [4.69, 9.17) is 19.4 Å². The molecular weight excluding hydrogens is 709 g/mol. The minimum absolute atomic E-state index is 0.576. The molecule has 0 saturated heterocycles. The van der Waals surface area contributed by atoms with Crippen molar-refractivity contribution in [2.45, 2.75) is 0 Å². The zero-order chi connectivity index (χ0) is 38.2. The second kappa shape index (κ2) is 12.8. The summed E-state index contributed by atoms with van der Waals surface area (Å²) in [6.45, 7) is 0. The molecule has 0 aliphatic rings. The molecule has 5 heteroatoms. The van der Waals surface area contributed by atoms with Crippen LogP contribution in [0.3, 0.4) is 0 Å². The van der Waals surface area contributed by atoms with Crippen LogP contribution in [0.15, 0.2) is 199 Å². The Kier molecular flexibility index (Phi) is 7.16. The van der Waals surface area contributed by atoms with Gasteiger partial charge in [-0.3, -0.25) is 0 Å². The highest BCUT2D eigenvalue weighted by Gasteiger charge is 2.22. The molecule has 3 heterocycles. The van der Waals surface area contributed by atoms with Gasteiger partial charge in [-0.25, -0.2) is 15.0 Å². The second-order valence-electron chi connectivity index (χ2n) is 14.8. The molecule has 58 heavy (non-hydrogen) atoms. The number of aromatic nitrogens is 4. The Morgan fingerprint density at radius 2 is 0.931 bits per heavy atom. The average molecular weight is 741 g/mol. The topological polar surface area (TPSA) is 56.7 Å². The Bertz CT molecular complexity index is 3560. The molecule has 5 nitrogen and oxygen atoms in total. The van der Waals surface area contributed by atoms with Gasteiger partial charge in [0.15, 0.2) is 17.5 Å². The number of benzene rings is 9. The minimum atomic E-state index is 0.576. The van der Waals surface area contributed by atoms with Gasteiger partial charge in [0.25, 0.3) is 0 Å². The van der Waals surface area contributed by atoms with Crippen molar-refractivity contribution in [2.24, 2.45) is 0 Å². The number of hydrogen-bond acceptors (Lipinski definition) is 4. The normalized spacial score (nSPS) is 11.8. The number of hydrogen-bond donors (Lipinski definition) is 0. The quantitative estimate of drug-likeness (QED) is 0.176. The summed E-state index contributed by atoms with van der Waals surface area (Å²) < 4.78 is 9.02. The molecular formula is C53H32N4O. The molecule has 0 radical (unpaired) electrons. The first-order valence-electron chi connectivity index (χ1n) is 19.5. The Morgan fingerprint density at radius 3 is 1.72 bits per heavy atom. The lowest BCUT2D eigenvalue weighted by atomic mass is 10.00. The van der Waals surface area contributed by atoms with Gasteiger partial charge in [0, 0.05) is 44.3 Å². The van der Waals surface area contributed by atoms with Gasteiger partial charge in [-0.05, 0) is 69.1 Å². The van der Waals surface area contributed by atoms with Crippen LogP contribution >= 0.6 is 0 Å². The molecule has 0 fully saturated rings. The van der Waals surface area contributed by atoms with Crippen molar-refractivity contribution in [3.05, 3.63) is 194 Å². The third kappa shape index (κ3) is 5.21. The summed E-state index contributed by atoms with van der Waals surface area (Å²) >= 11 is 0. The fourth-order valence-corrected chi connectivity index (χ4v) is 8.60. The number of rotatable bonds is 5. The Hall–Kier alpha value is -7.89. The van der Waals surface area contributed by atoms with E-state index in [2.05, 4.69) is 156 Å². The van der Waals surface area contributed by atoms with Crippen LogP contribution in [0.1, 0.15) is 0 Å². The zero-order valence-electron chi connectivity index (χ0n) is 31.2. The van der Waals surface area contributed by atoms with Crippen molar-refractivity contribution >= 4 is 65.3 Å². The molecule has 270 valence electrons. The van der Waals surface area contributed by atoms with Gasteiger partial charge < -0.3 is 8.98 Å². The van der Waals surface area contributed by atoms with E-state index in [9.17, 15) is 0 Å². The SMILES string of the molecule is c1ccc(-c2nc(-c3ccc(-c4ccc5ccccc5c4)cc3)nc(-c3cc(-n4c5ccccc5c5cc6ccccc6cc54)cc4oc5ccccc5c34)n2)cc1. The molecule has 12 aromatic rings. The molecule has 0 spiro atoms. The van der Waals surface area contributed by atoms with Crippen molar-refractivity contribution in [3.8, 4) is 51.0 Å². The van der Waals surface area contributed by atoms with Crippen LogP contribution in [0.5, 0.6) is 0 Å². The number of fused-ring (bicyclic) bond motifs is 8. The molecule has 0 saturated carbocycles. The van der Waals surface area contributed by atoms with Crippen molar-refractivity contribution < 1.29 is 4.42 Å². The van der Waals surface area contributed by atoms with Gasteiger partial charge in [0.05, 0.1) is 16.7 Å². The molecule has 0 aliphatic carbocycles. The minimum Gasteiger partial charge on any atom is -0.456 e. The summed E-state index contributed by atoms with van der Waals surface area (Å²) in [6.07, 6.45) is 0. The molecule has 3 aromatic heterocycles. The third-order valence-electron chi connectivity index (χ3n) is 11.4. The van der Waals surface area contributed by atoms with Gasteiger partial charge in [0.2, 0.25) is 0 Å². The summed E-state index contributed by atoms with van der Waals surface area (Å²) in [5.74, 6) is 1.78. The van der Waals surface area contributed by atoms with E-state index >= 15 is 0 Å². The van der Waals surface area contributed by atoms with Gasteiger partial charge in [-0.1, -0.05) is 152 Å². The maximum atomic E-state index is 6.67. The predicted octanol–water partition coefficient (Wildman–Crippen LogP) is 13.8. The summed E-state index contributed by atoms with van der Waals surface area (Å²) in [5, 5.41) is 9.20. The monoisotopic (exact) mass is 740 g/mol. The summed E-state index contributed by atoms with van der Waals surface area (Å²) in [4.78, 5) is 15.6. The highest BCUT2D eigenvalue weighted by atomic mass is 16.3. The molecule has 9 aromatic carbocycles. The summed E-state index contributed by atoms with van der Waals surface area (Å²) in [5.41, 5.74) is 9.76. The maximum absolute atomic E-state index is 6.67.